The predicted molar refractivity (Wildman–Crippen MR) is 60.8 cm³/mol. The molecule has 1 rings (SSSR count). The van der Waals surface area contributed by atoms with Gasteiger partial charge in [-0.15, -0.1) is 0 Å². The molecule has 0 radical (unpaired) electrons. The van der Waals surface area contributed by atoms with Gasteiger partial charge in [-0.25, -0.2) is 0 Å². The smallest absolute Gasteiger partial charge is 0.325 e. The number of hydrogen-bond donors (Lipinski definition) is 2. The highest BCUT2D eigenvalue weighted by molar-refractivity contribution is 5.77. The highest BCUT2D eigenvalue weighted by Crippen LogP contribution is 2.38. The molecule has 0 aliphatic rings. The van der Waals surface area contributed by atoms with Crippen LogP contribution in [0.5, 0.6) is 11.5 Å². The summed E-state index contributed by atoms with van der Waals surface area (Å²) in [6, 6.07) is 0.755. The van der Waals surface area contributed by atoms with E-state index < -0.39 is 16.9 Å². The van der Waals surface area contributed by atoms with Crippen molar-refractivity contribution in [2.75, 3.05) is 14.2 Å². The number of nitrogens with two attached hydrogens (primary N) is 1. The lowest BCUT2D eigenvalue weighted by molar-refractivity contribution is -0.385. The predicted octanol–water partition coefficient (Wildman–Crippen LogP) is 0.696. The monoisotopic (exact) mass is 256 g/mol. The number of nitro groups is 1. The van der Waals surface area contributed by atoms with Crippen molar-refractivity contribution in [3.8, 4) is 11.5 Å². The lowest BCUT2D eigenvalue weighted by Crippen LogP contribution is -2.21. The van der Waals surface area contributed by atoms with Crippen LogP contribution in [0.4, 0.5) is 5.69 Å². The molecule has 0 heterocycles. The summed E-state index contributed by atoms with van der Waals surface area (Å²) in [4.78, 5) is 20.9. The molecule has 1 aromatic carbocycles. The second kappa shape index (κ2) is 5.32. The van der Waals surface area contributed by atoms with Gasteiger partial charge in [-0.1, -0.05) is 0 Å². The van der Waals surface area contributed by atoms with E-state index in [4.69, 9.17) is 20.3 Å². The Morgan fingerprint density at radius 3 is 2.44 bits per heavy atom. The summed E-state index contributed by atoms with van der Waals surface area (Å²) >= 11 is 0. The normalized spacial score (nSPS) is 11.7. The lowest BCUT2D eigenvalue weighted by atomic mass is 10.0. The molecular formula is C10H12N2O6. The van der Waals surface area contributed by atoms with Crippen molar-refractivity contribution < 1.29 is 24.3 Å². The number of non-ortho nitro benzene ring substituents is 1. The van der Waals surface area contributed by atoms with Crippen molar-refractivity contribution >= 4 is 11.7 Å². The molecule has 0 saturated heterocycles. The fourth-order valence-electron chi connectivity index (χ4n) is 1.45. The number of methoxy groups -OCH3 is 2. The highest BCUT2D eigenvalue weighted by Gasteiger charge is 2.25. The van der Waals surface area contributed by atoms with Crippen LogP contribution in [0.15, 0.2) is 12.1 Å². The van der Waals surface area contributed by atoms with E-state index in [1.807, 2.05) is 0 Å². The van der Waals surface area contributed by atoms with Gasteiger partial charge in [0.15, 0.2) is 11.5 Å². The van der Waals surface area contributed by atoms with Crippen molar-refractivity contribution in [1.82, 2.24) is 0 Å². The fourth-order valence-corrected chi connectivity index (χ4v) is 1.45. The van der Waals surface area contributed by atoms with E-state index in [2.05, 4.69) is 0 Å². The Bertz CT molecular complexity index is 488. The number of ether oxygens (including phenoxy) is 2. The minimum atomic E-state index is -1.44. The number of rotatable bonds is 5. The minimum absolute atomic E-state index is 0.0175. The van der Waals surface area contributed by atoms with Crippen molar-refractivity contribution in [3.63, 3.8) is 0 Å². The first-order valence-corrected chi connectivity index (χ1v) is 4.81. The summed E-state index contributed by atoms with van der Waals surface area (Å²) in [6.45, 7) is 0. The number of hydrogen-bond acceptors (Lipinski definition) is 6. The number of carbonyl (C=O) groups is 1. The average Bonchev–Trinajstić information content (AvgIpc) is 2.35. The van der Waals surface area contributed by atoms with Crippen molar-refractivity contribution in [3.05, 3.63) is 27.8 Å². The second-order valence-corrected chi connectivity index (χ2v) is 3.34. The molecule has 0 aliphatic heterocycles. The first-order chi connectivity index (χ1) is 8.42. The van der Waals surface area contributed by atoms with Crippen LogP contribution in [0, 0.1) is 10.1 Å². The number of benzene rings is 1. The Kier molecular flexibility index (Phi) is 4.05. The number of carboxylic acids is 1. The molecule has 8 heteroatoms. The van der Waals surface area contributed by atoms with Gasteiger partial charge in [-0.05, 0) is 0 Å². The summed E-state index contributed by atoms with van der Waals surface area (Å²) in [6.07, 6.45) is 0. The van der Waals surface area contributed by atoms with Gasteiger partial charge in [0.2, 0.25) is 0 Å². The molecule has 98 valence electrons. The van der Waals surface area contributed by atoms with Gasteiger partial charge in [0, 0.05) is 11.6 Å². The lowest BCUT2D eigenvalue weighted by Gasteiger charge is -2.15. The summed E-state index contributed by atoms with van der Waals surface area (Å²) in [5.74, 6) is -1.20. The van der Waals surface area contributed by atoms with Gasteiger partial charge in [-0.3, -0.25) is 14.9 Å². The van der Waals surface area contributed by atoms with E-state index in [0.29, 0.717) is 0 Å². The Labute approximate surface area is 102 Å². The first-order valence-electron chi connectivity index (χ1n) is 4.81. The van der Waals surface area contributed by atoms with E-state index in [1.165, 1.54) is 14.2 Å². The molecule has 1 atom stereocenters. The van der Waals surface area contributed by atoms with Crippen LogP contribution in [-0.2, 0) is 4.79 Å². The SMILES string of the molecule is COc1cc([N+](=O)[O-])cc([C@H](N)C(=O)O)c1OC. The molecule has 0 aliphatic carbocycles. The number of nitrogens with zero attached hydrogens (tertiary/aromatic N) is 1. The molecule has 8 nitrogen and oxygen atoms in total. The van der Waals surface area contributed by atoms with Gasteiger partial charge in [0.05, 0.1) is 25.2 Å². The first kappa shape index (κ1) is 13.7. The third kappa shape index (κ3) is 2.48. The molecule has 0 bridgehead atoms. The van der Waals surface area contributed by atoms with E-state index in [1.54, 1.807) is 0 Å². The Hall–Kier alpha value is -2.35. The van der Waals surface area contributed by atoms with Crippen LogP contribution in [0.2, 0.25) is 0 Å². The summed E-state index contributed by atoms with van der Waals surface area (Å²) in [5, 5.41) is 19.6. The Morgan fingerprint density at radius 1 is 1.44 bits per heavy atom. The van der Waals surface area contributed by atoms with Gasteiger partial charge in [0.1, 0.15) is 6.04 Å². The molecule has 0 spiro atoms. The standard InChI is InChI=1S/C10H12N2O6/c1-17-7-4-5(12(15)16)3-6(9(7)18-2)8(11)10(13)14/h3-4,8H,11H2,1-2H3,(H,13,14)/t8-/m0/s1. The maximum atomic E-state index is 10.9. The molecule has 0 saturated carbocycles. The summed E-state index contributed by atoms with van der Waals surface area (Å²) in [7, 11) is 2.58. The number of aliphatic carboxylic acids is 1. The zero-order valence-corrected chi connectivity index (χ0v) is 9.75. The summed E-state index contributed by atoms with van der Waals surface area (Å²) in [5.41, 5.74) is 5.11. The van der Waals surface area contributed by atoms with Crippen LogP contribution >= 0.6 is 0 Å². The third-order valence-electron chi connectivity index (χ3n) is 2.30. The maximum absolute atomic E-state index is 10.9. The van der Waals surface area contributed by atoms with Gasteiger partial charge in [0.25, 0.3) is 5.69 Å². The largest absolute Gasteiger partial charge is 0.493 e. The average molecular weight is 256 g/mol. The zero-order valence-electron chi connectivity index (χ0n) is 9.75. The van der Waals surface area contributed by atoms with E-state index >= 15 is 0 Å². The second-order valence-electron chi connectivity index (χ2n) is 3.34. The minimum Gasteiger partial charge on any atom is -0.493 e. The number of carboxylic acid groups (broad SMARTS) is 1. The molecule has 3 N–H and O–H groups in total. The topological polar surface area (TPSA) is 125 Å². The van der Waals surface area contributed by atoms with Crippen LogP contribution in [-0.4, -0.2) is 30.2 Å². The van der Waals surface area contributed by atoms with Crippen LogP contribution < -0.4 is 15.2 Å². The Morgan fingerprint density at radius 2 is 2.06 bits per heavy atom. The van der Waals surface area contributed by atoms with Gasteiger partial charge < -0.3 is 20.3 Å². The zero-order chi connectivity index (χ0) is 13.9. The highest BCUT2D eigenvalue weighted by atomic mass is 16.6. The van der Waals surface area contributed by atoms with E-state index in [-0.39, 0.29) is 22.7 Å². The van der Waals surface area contributed by atoms with E-state index in [9.17, 15) is 14.9 Å². The fraction of sp³-hybridized carbons (Fsp3) is 0.300. The maximum Gasteiger partial charge on any atom is 0.325 e. The number of nitro benzene ring substituents is 1. The molecule has 0 unspecified atom stereocenters. The third-order valence-corrected chi connectivity index (χ3v) is 2.30. The van der Waals surface area contributed by atoms with Crippen LogP contribution in [0.25, 0.3) is 0 Å². The van der Waals surface area contributed by atoms with Crippen LogP contribution in [0.1, 0.15) is 11.6 Å². The van der Waals surface area contributed by atoms with E-state index in [0.717, 1.165) is 12.1 Å². The van der Waals surface area contributed by atoms with Crippen molar-refractivity contribution in [2.45, 2.75) is 6.04 Å². The summed E-state index contributed by atoms with van der Waals surface area (Å²) < 4.78 is 9.90. The van der Waals surface area contributed by atoms with Crippen molar-refractivity contribution in [1.29, 1.82) is 0 Å². The quantitative estimate of drug-likeness (QED) is 0.586. The molecule has 0 aromatic heterocycles. The molecule has 0 fully saturated rings. The molecular weight excluding hydrogens is 244 g/mol. The van der Waals surface area contributed by atoms with Crippen molar-refractivity contribution in [2.24, 2.45) is 5.73 Å². The van der Waals surface area contributed by atoms with Crippen LogP contribution in [0.3, 0.4) is 0 Å². The molecule has 1 aromatic rings. The van der Waals surface area contributed by atoms with Gasteiger partial charge >= 0.3 is 5.97 Å². The van der Waals surface area contributed by atoms with Gasteiger partial charge in [-0.2, -0.15) is 0 Å². The molecule has 18 heavy (non-hydrogen) atoms. The molecule has 0 amide bonds. The Balaban J connectivity index is 3.49.